The molecule has 0 aromatic rings. The van der Waals surface area contributed by atoms with Gasteiger partial charge in [-0.1, -0.05) is 48.5 Å². The molecular weight excluding hydrogens is 200 g/mol. The van der Waals surface area contributed by atoms with Gasteiger partial charge in [-0.2, -0.15) is 0 Å². The van der Waals surface area contributed by atoms with E-state index in [4.69, 9.17) is 0 Å². The third-order valence-electron chi connectivity index (χ3n) is 2.75. The van der Waals surface area contributed by atoms with Gasteiger partial charge in [-0.3, -0.25) is 0 Å². The van der Waals surface area contributed by atoms with E-state index in [2.05, 4.69) is 27.7 Å². The number of rotatable bonds is 4. The lowest BCUT2D eigenvalue weighted by Gasteiger charge is -2.23. The molecule has 0 spiro atoms. The molecule has 0 N–H and O–H groups in total. The van der Waals surface area contributed by atoms with Gasteiger partial charge < -0.3 is 0 Å². The van der Waals surface area contributed by atoms with E-state index >= 15 is 0 Å². The van der Waals surface area contributed by atoms with Crippen LogP contribution in [0.15, 0.2) is 20.8 Å². The van der Waals surface area contributed by atoms with Crippen LogP contribution in [-0.4, -0.2) is 19.0 Å². The smallest absolute Gasteiger partial charge is 0.0847 e. The largest absolute Gasteiger partial charge is 0.108 e. The molecule has 0 nitrogen and oxygen atoms in total. The molecule has 0 aromatic heterocycles. The molecule has 0 amide bonds. The van der Waals surface area contributed by atoms with Gasteiger partial charge in [0.25, 0.3) is 0 Å². The van der Waals surface area contributed by atoms with Crippen molar-refractivity contribution in [2.45, 2.75) is 53.4 Å². The zero-order valence-corrected chi connectivity index (χ0v) is 11.8. The molecule has 0 saturated heterocycles. The molecule has 1 rings (SSSR count). The first-order valence-electron chi connectivity index (χ1n) is 5.74. The van der Waals surface area contributed by atoms with Crippen molar-refractivity contribution in [1.29, 1.82) is 0 Å². The van der Waals surface area contributed by atoms with E-state index in [1.165, 1.54) is 25.7 Å². The molecule has 14 heavy (non-hydrogen) atoms. The summed E-state index contributed by atoms with van der Waals surface area (Å²) in [5.41, 5.74) is 0. The van der Waals surface area contributed by atoms with E-state index in [9.17, 15) is 0 Å². The average Bonchev–Trinajstić information content (AvgIpc) is 2.26. The third-order valence-corrected chi connectivity index (χ3v) is 7.07. The van der Waals surface area contributed by atoms with E-state index < -0.39 is 0 Å². The summed E-state index contributed by atoms with van der Waals surface area (Å²) in [5.74, 6) is 0. The highest BCUT2D eigenvalue weighted by Gasteiger charge is 2.17. The molecule has 2 heteroatoms. The van der Waals surface area contributed by atoms with Crippen LogP contribution in [0.2, 0.25) is 0 Å². The molecule has 76 valence electrons. The van der Waals surface area contributed by atoms with Gasteiger partial charge in [-0.25, -0.2) is 0 Å². The van der Waals surface area contributed by atoms with Crippen molar-refractivity contribution in [3.63, 3.8) is 0 Å². The van der Waals surface area contributed by atoms with Gasteiger partial charge in [0, 0.05) is 0 Å². The lowest BCUT2D eigenvalue weighted by molar-refractivity contribution is 1.06. The lowest BCUT2D eigenvalue weighted by Crippen LogP contribution is -2.18. The maximum absolute atomic E-state index is 2.31. The van der Waals surface area contributed by atoms with Crippen molar-refractivity contribution >= 4 is 19.0 Å². The van der Waals surface area contributed by atoms with Crippen LogP contribution in [0.25, 0.3) is 0 Å². The van der Waals surface area contributed by atoms with Gasteiger partial charge >= 0.3 is 0 Å². The predicted octanol–water partition coefficient (Wildman–Crippen LogP) is 3.47. The van der Waals surface area contributed by atoms with Gasteiger partial charge in [0.05, 0.1) is 0 Å². The number of allylic oxidation sites excluding steroid dienone is 4. The second kappa shape index (κ2) is 5.71. The average molecular weight is 220 g/mol. The Morgan fingerprint density at radius 3 is 0.929 bits per heavy atom. The van der Waals surface area contributed by atoms with Crippen LogP contribution in [-0.2, 0) is 0 Å². The summed E-state index contributed by atoms with van der Waals surface area (Å²) in [6.45, 7) is 9.25. The Morgan fingerprint density at radius 1 is 0.571 bits per heavy atom. The predicted molar refractivity (Wildman–Crippen MR) is 66.7 cm³/mol. The van der Waals surface area contributed by atoms with Gasteiger partial charge in [-0.05, 0) is 25.7 Å². The molecule has 1 heterocycles. The van der Waals surface area contributed by atoms with Crippen molar-refractivity contribution in [2.24, 2.45) is 0 Å². The monoisotopic (exact) mass is 220 g/mol. The molecule has 0 saturated carbocycles. The fourth-order valence-corrected chi connectivity index (χ4v) is 5.37. The second-order valence-corrected chi connectivity index (χ2v) is 6.49. The van der Waals surface area contributed by atoms with Crippen molar-refractivity contribution in [3.8, 4) is 0 Å². The molecule has 0 aliphatic carbocycles. The van der Waals surface area contributed by atoms with Crippen LogP contribution in [0.1, 0.15) is 53.4 Å². The summed E-state index contributed by atoms with van der Waals surface area (Å²) in [7, 11) is 2.05. The van der Waals surface area contributed by atoms with Crippen molar-refractivity contribution in [2.75, 3.05) is 0 Å². The fraction of sp³-hybridized carbons (Fsp3) is 0.667. The van der Waals surface area contributed by atoms with Crippen molar-refractivity contribution in [1.82, 2.24) is 0 Å². The molecule has 4 radical (unpaired) electrons. The summed E-state index contributed by atoms with van der Waals surface area (Å²) in [6, 6.07) is 0. The van der Waals surface area contributed by atoms with Crippen LogP contribution in [0, 0.1) is 0 Å². The SMILES string of the molecule is CCC1=C(CC)[Si]C(CC)=C(CC)[Si]1. The van der Waals surface area contributed by atoms with Crippen LogP contribution in [0.5, 0.6) is 0 Å². The molecule has 0 fully saturated rings. The Balaban J connectivity index is 2.86. The maximum Gasteiger partial charge on any atom is 0.108 e. The minimum Gasteiger partial charge on any atom is -0.0847 e. The minimum absolute atomic E-state index is 1.02. The van der Waals surface area contributed by atoms with Crippen LogP contribution < -0.4 is 0 Å². The highest BCUT2D eigenvalue weighted by molar-refractivity contribution is 6.67. The molecule has 0 unspecified atom stereocenters. The van der Waals surface area contributed by atoms with Gasteiger partial charge in [-0.15, -0.1) is 0 Å². The van der Waals surface area contributed by atoms with E-state index in [-0.39, 0.29) is 0 Å². The molecule has 0 aromatic carbocycles. The zero-order chi connectivity index (χ0) is 10.6. The highest BCUT2D eigenvalue weighted by Crippen LogP contribution is 2.25. The van der Waals surface area contributed by atoms with Crippen LogP contribution >= 0.6 is 0 Å². The van der Waals surface area contributed by atoms with Crippen molar-refractivity contribution < 1.29 is 0 Å². The van der Waals surface area contributed by atoms with Gasteiger partial charge in [0.2, 0.25) is 0 Å². The molecule has 1 aliphatic rings. The highest BCUT2D eigenvalue weighted by atomic mass is 28.2. The molecule has 1 aliphatic heterocycles. The first kappa shape index (κ1) is 12.0. The Bertz CT molecular complexity index is 209. The van der Waals surface area contributed by atoms with E-state index in [0.717, 1.165) is 19.0 Å². The van der Waals surface area contributed by atoms with Gasteiger partial charge in [0.1, 0.15) is 19.0 Å². The summed E-state index contributed by atoms with van der Waals surface area (Å²) >= 11 is 0. The molecular formula is C12H20Si2. The Morgan fingerprint density at radius 2 is 0.786 bits per heavy atom. The summed E-state index contributed by atoms with van der Waals surface area (Å²) < 4.78 is 0. The minimum atomic E-state index is 1.02. The molecule has 0 bridgehead atoms. The third kappa shape index (κ3) is 2.48. The second-order valence-electron chi connectivity index (χ2n) is 3.58. The maximum atomic E-state index is 2.31. The first-order chi connectivity index (χ1) is 6.76. The summed E-state index contributed by atoms with van der Waals surface area (Å²) in [4.78, 5) is 0. The zero-order valence-electron chi connectivity index (χ0n) is 9.83. The Kier molecular flexibility index (Phi) is 4.89. The quantitative estimate of drug-likeness (QED) is 0.637. The van der Waals surface area contributed by atoms with Crippen LogP contribution in [0.3, 0.4) is 0 Å². The first-order valence-corrected chi connectivity index (χ1v) is 7.74. The fourth-order valence-electron chi connectivity index (χ4n) is 1.87. The summed E-state index contributed by atoms with van der Waals surface area (Å²) in [6.07, 6.45) is 5.09. The Hall–Kier alpha value is -0.0862. The standard InChI is InChI=1S/C12H20Si2/c1-5-9-10(6-2)14-12(8-4)11(7-3)13-9/h5-8H2,1-4H3. The van der Waals surface area contributed by atoms with Crippen molar-refractivity contribution in [3.05, 3.63) is 20.8 Å². The number of hydrogen-bond donors (Lipinski definition) is 0. The van der Waals surface area contributed by atoms with E-state index in [1.54, 1.807) is 20.8 Å². The van der Waals surface area contributed by atoms with Crippen LogP contribution in [0.4, 0.5) is 0 Å². The van der Waals surface area contributed by atoms with Gasteiger partial charge in [0.15, 0.2) is 0 Å². The van der Waals surface area contributed by atoms with E-state index in [0.29, 0.717) is 0 Å². The summed E-state index contributed by atoms with van der Waals surface area (Å²) in [5, 5.41) is 7.06. The number of hydrogen-bond acceptors (Lipinski definition) is 0. The van der Waals surface area contributed by atoms with E-state index in [1.807, 2.05) is 0 Å². The normalized spacial score (nSPS) is 18.0. The Labute approximate surface area is 93.5 Å². The topological polar surface area (TPSA) is 0 Å². The lowest BCUT2D eigenvalue weighted by atomic mass is 10.3. The molecule has 0 atom stereocenters.